The fraction of sp³-hybridized carbons (Fsp3) is 0.474. The molecule has 1 aromatic heterocycles. The molecule has 2 heterocycles. The third kappa shape index (κ3) is 3.62. The van der Waals surface area contributed by atoms with Crippen molar-refractivity contribution in [3.05, 3.63) is 34.8 Å². The maximum Gasteiger partial charge on any atom is 0.232 e. The van der Waals surface area contributed by atoms with Gasteiger partial charge in [0.1, 0.15) is 5.01 Å². The quantitative estimate of drug-likeness (QED) is 0.832. The lowest BCUT2D eigenvalue weighted by Gasteiger charge is -2.18. The molecule has 1 fully saturated rings. The molecule has 0 saturated heterocycles. The lowest BCUT2D eigenvalue weighted by molar-refractivity contribution is -0.118. The molecule has 2 aromatic rings. The smallest absolute Gasteiger partial charge is 0.232 e. The Kier molecular flexibility index (Phi) is 4.97. The average molecular weight is 370 g/mol. The predicted molar refractivity (Wildman–Crippen MR) is 101 cm³/mol. The van der Waals surface area contributed by atoms with Crippen LogP contribution in [0.2, 0.25) is 0 Å². The van der Waals surface area contributed by atoms with Crippen LogP contribution in [0.4, 0.5) is 10.8 Å². The van der Waals surface area contributed by atoms with E-state index in [1.54, 1.807) is 0 Å². The zero-order chi connectivity index (χ0) is 17.9. The summed E-state index contributed by atoms with van der Waals surface area (Å²) in [7, 11) is 0. The number of aromatic nitrogens is 2. The van der Waals surface area contributed by atoms with Crippen molar-refractivity contribution in [2.24, 2.45) is 0 Å². The van der Waals surface area contributed by atoms with Crippen molar-refractivity contribution >= 4 is 34.0 Å². The third-order valence-electron chi connectivity index (χ3n) is 5.21. The summed E-state index contributed by atoms with van der Waals surface area (Å²) in [5, 5.41) is 15.7. The summed E-state index contributed by atoms with van der Waals surface area (Å²) >= 11 is 1.48. The van der Waals surface area contributed by atoms with E-state index in [2.05, 4.69) is 20.8 Å². The summed E-state index contributed by atoms with van der Waals surface area (Å²) < 4.78 is 0. The first kappa shape index (κ1) is 17.1. The maximum absolute atomic E-state index is 12.3. The van der Waals surface area contributed by atoms with Crippen LogP contribution in [-0.4, -0.2) is 22.0 Å². The highest BCUT2D eigenvalue weighted by Gasteiger charge is 2.30. The maximum atomic E-state index is 12.3. The van der Waals surface area contributed by atoms with E-state index in [-0.39, 0.29) is 24.2 Å². The van der Waals surface area contributed by atoms with E-state index in [9.17, 15) is 9.59 Å². The van der Waals surface area contributed by atoms with E-state index in [4.69, 9.17) is 0 Å². The van der Waals surface area contributed by atoms with Gasteiger partial charge in [-0.05, 0) is 30.9 Å². The summed E-state index contributed by atoms with van der Waals surface area (Å²) in [5.41, 5.74) is 1.82. The average Bonchev–Trinajstić information content (AvgIpc) is 3.24. The lowest BCUT2D eigenvalue weighted by Crippen LogP contribution is -2.16. The molecule has 2 aliphatic rings. The molecule has 1 aromatic carbocycles. The van der Waals surface area contributed by atoms with E-state index in [1.165, 1.54) is 43.4 Å². The van der Waals surface area contributed by atoms with Crippen LogP contribution in [0, 0.1) is 0 Å². The van der Waals surface area contributed by atoms with Crippen LogP contribution in [-0.2, 0) is 9.59 Å². The van der Waals surface area contributed by atoms with Gasteiger partial charge in [0.15, 0.2) is 0 Å². The molecular weight excluding hydrogens is 348 g/mol. The number of para-hydroxylation sites is 1. The molecule has 2 N–H and O–H groups in total. The molecule has 4 rings (SSSR count). The number of hydrogen-bond acceptors (Lipinski definition) is 5. The molecule has 6 nitrogen and oxygen atoms in total. The number of carbonyl (C=O) groups is 2. The van der Waals surface area contributed by atoms with Crippen LogP contribution in [0.3, 0.4) is 0 Å². The van der Waals surface area contributed by atoms with E-state index in [0.29, 0.717) is 17.5 Å². The lowest BCUT2D eigenvalue weighted by atomic mass is 9.90. The molecule has 26 heavy (non-hydrogen) atoms. The number of benzene rings is 1. The molecule has 7 heteroatoms. The first-order valence-electron chi connectivity index (χ1n) is 9.24. The van der Waals surface area contributed by atoms with Gasteiger partial charge >= 0.3 is 0 Å². The Balaban J connectivity index is 1.32. The summed E-state index contributed by atoms with van der Waals surface area (Å²) in [5.74, 6) is 0.0813. The van der Waals surface area contributed by atoms with Crippen LogP contribution in [0.5, 0.6) is 0 Å². The summed E-state index contributed by atoms with van der Waals surface area (Å²) in [6.45, 7) is 0. The largest absolute Gasteiger partial charge is 0.325 e. The Bertz CT molecular complexity index is 813. The molecule has 136 valence electrons. The minimum absolute atomic E-state index is 0.0329. The van der Waals surface area contributed by atoms with Crippen molar-refractivity contribution in [1.82, 2.24) is 10.2 Å². The van der Waals surface area contributed by atoms with Gasteiger partial charge < -0.3 is 10.6 Å². The van der Waals surface area contributed by atoms with Crippen LogP contribution in [0.15, 0.2) is 24.3 Å². The zero-order valence-corrected chi connectivity index (χ0v) is 15.3. The fourth-order valence-corrected chi connectivity index (χ4v) is 4.75. The van der Waals surface area contributed by atoms with Gasteiger partial charge in [-0.1, -0.05) is 48.8 Å². The van der Waals surface area contributed by atoms with E-state index < -0.39 is 0 Å². The van der Waals surface area contributed by atoms with Gasteiger partial charge in [-0.15, -0.1) is 10.2 Å². The van der Waals surface area contributed by atoms with Gasteiger partial charge in [-0.3, -0.25) is 9.59 Å². The Hall–Kier alpha value is -2.28. The van der Waals surface area contributed by atoms with Gasteiger partial charge in [0, 0.05) is 18.0 Å². The van der Waals surface area contributed by atoms with Crippen LogP contribution in [0.1, 0.15) is 67.4 Å². The third-order valence-corrected chi connectivity index (χ3v) is 6.21. The van der Waals surface area contributed by atoms with Gasteiger partial charge in [0.2, 0.25) is 16.9 Å². The van der Waals surface area contributed by atoms with Crippen molar-refractivity contribution in [2.75, 3.05) is 10.6 Å². The second kappa shape index (κ2) is 7.53. The van der Waals surface area contributed by atoms with Gasteiger partial charge in [-0.25, -0.2) is 0 Å². The number of rotatable bonds is 5. The van der Waals surface area contributed by atoms with Crippen molar-refractivity contribution < 1.29 is 9.59 Å². The molecular formula is C19H22N4O2S. The summed E-state index contributed by atoms with van der Waals surface area (Å²) in [6.07, 6.45) is 6.90. The van der Waals surface area contributed by atoms with Gasteiger partial charge in [0.25, 0.3) is 0 Å². The van der Waals surface area contributed by atoms with Crippen LogP contribution in [0.25, 0.3) is 0 Å². The van der Waals surface area contributed by atoms with Crippen molar-refractivity contribution in [3.8, 4) is 0 Å². The highest BCUT2D eigenvalue weighted by atomic mass is 32.1. The molecule has 1 atom stereocenters. The van der Waals surface area contributed by atoms with Gasteiger partial charge in [-0.2, -0.15) is 0 Å². The minimum atomic E-state index is -0.260. The second-order valence-corrected chi connectivity index (χ2v) is 8.01. The standard InChI is InChI=1S/C19H22N4O2S/c24-16(11-10-14-13-8-4-5-9-15(13)20-17(14)25)21-19-23-22-18(26-19)12-6-2-1-3-7-12/h4-5,8-9,12,14H,1-3,6-7,10-11H2,(H,20,25)(H,21,23,24)/t14-/m1/s1. The highest BCUT2D eigenvalue weighted by molar-refractivity contribution is 7.15. The summed E-state index contributed by atoms with van der Waals surface area (Å²) in [4.78, 5) is 24.4. The number of fused-ring (bicyclic) bond motifs is 1. The first-order valence-corrected chi connectivity index (χ1v) is 10.1. The predicted octanol–water partition coefficient (Wildman–Crippen LogP) is 4.04. The monoisotopic (exact) mass is 370 g/mol. The molecule has 1 saturated carbocycles. The minimum Gasteiger partial charge on any atom is -0.325 e. The molecule has 1 aliphatic carbocycles. The number of anilines is 2. The molecule has 0 bridgehead atoms. The Morgan fingerprint density at radius 2 is 2.00 bits per heavy atom. The van der Waals surface area contributed by atoms with E-state index in [0.717, 1.165) is 16.3 Å². The summed E-state index contributed by atoms with van der Waals surface area (Å²) in [6, 6.07) is 7.64. The number of carbonyl (C=O) groups excluding carboxylic acids is 2. The molecule has 1 aliphatic heterocycles. The molecule has 0 radical (unpaired) electrons. The van der Waals surface area contributed by atoms with E-state index in [1.807, 2.05) is 24.3 Å². The number of amides is 2. The van der Waals surface area contributed by atoms with Crippen molar-refractivity contribution in [2.45, 2.75) is 56.8 Å². The molecule has 2 amide bonds. The van der Waals surface area contributed by atoms with Crippen LogP contribution < -0.4 is 10.6 Å². The topological polar surface area (TPSA) is 84.0 Å². The van der Waals surface area contributed by atoms with Crippen molar-refractivity contribution in [3.63, 3.8) is 0 Å². The first-order chi connectivity index (χ1) is 12.7. The van der Waals surface area contributed by atoms with Crippen molar-refractivity contribution in [1.29, 1.82) is 0 Å². The Morgan fingerprint density at radius 1 is 1.19 bits per heavy atom. The number of nitrogens with zero attached hydrogens (tertiary/aromatic N) is 2. The zero-order valence-electron chi connectivity index (χ0n) is 14.5. The SMILES string of the molecule is O=C(CC[C@H]1C(=O)Nc2ccccc21)Nc1nnc(C2CCCCC2)s1. The fourth-order valence-electron chi connectivity index (χ4n) is 3.82. The number of nitrogens with one attached hydrogen (secondary N) is 2. The van der Waals surface area contributed by atoms with E-state index >= 15 is 0 Å². The second-order valence-electron chi connectivity index (χ2n) is 7.00. The van der Waals surface area contributed by atoms with Crippen LogP contribution >= 0.6 is 11.3 Å². The Labute approximate surface area is 156 Å². The molecule has 0 spiro atoms. The molecule has 0 unspecified atom stereocenters. The Morgan fingerprint density at radius 3 is 2.85 bits per heavy atom. The van der Waals surface area contributed by atoms with Gasteiger partial charge in [0.05, 0.1) is 5.92 Å². The highest BCUT2D eigenvalue weighted by Crippen LogP contribution is 2.36. The normalized spacial score (nSPS) is 19.8. The number of hydrogen-bond donors (Lipinski definition) is 2.